The normalized spacial score (nSPS) is 11.5. The molecule has 0 amide bonds. The van der Waals surface area contributed by atoms with Gasteiger partial charge in [-0.2, -0.15) is 0 Å². The van der Waals surface area contributed by atoms with Crippen molar-refractivity contribution in [3.8, 4) is 67.0 Å². The summed E-state index contributed by atoms with van der Waals surface area (Å²) in [5.74, 6) is 0. The minimum Gasteiger partial charge on any atom is -0.311 e. The van der Waals surface area contributed by atoms with Crippen LogP contribution in [0.2, 0.25) is 0 Å². The summed E-state index contributed by atoms with van der Waals surface area (Å²) in [5.41, 5.74) is 22.1. The Morgan fingerprint density at radius 3 is 0.907 bits per heavy atom. The number of para-hydroxylation sites is 4. The molecular weight excluding hydrogens is 907 g/mol. The molecular formula is C72H49N3. The van der Waals surface area contributed by atoms with Crippen LogP contribution in [0.5, 0.6) is 0 Å². The zero-order chi connectivity index (χ0) is 49.7. The Balaban J connectivity index is 0.954. The van der Waals surface area contributed by atoms with Crippen molar-refractivity contribution in [3.63, 3.8) is 0 Å². The van der Waals surface area contributed by atoms with E-state index in [1.165, 1.54) is 65.9 Å². The van der Waals surface area contributed by atoms with E-state index >= 15 is 0 Å². The number of nitrogens with zero attached hydrogens (tertiary/aromatic N) is 3. The van der Waals surface area contributed by atoms with Crippen LogP contribution in [-0.2, 0) is 0 Å². The van der Waals surface area contributed by atoms with Crippen LogP contribution in [-0.4, -0.2) is 9.13 Å². The quantitative estimate of drug-likeness (QED) is 0.133. The molecule has 0 spiro atoms. The lowest BCUT2D eigenvalue weighted by atomic mass is 9.92. The summed E-state index contributed by atoms with van der Waals surface area (Å²) in [6.07, 6.45) is 0. The largest absolute Gasteiger partial charge is 0.311 e. The molecule has 0 N–H and O–H groups in total. The minimum absolute atomic E-state index is 1.10. The van der Waals surface area contributed by atoms with Gasteiger partial charge in [-0.25, -0.2) is 0 Å². The molecule has 0 saturated heterocycles. The van der Waals surface area contributed by atoms with Gasteiger partial charge < -0.3 is 14.0 Å². The van der Waals surface area contributed by atoms with Crippen molar-refractivity contribution in [2.75, 3.05) is 4.90 Å². The average molecular weight is 956 g/mol. The van der Waals surface area contributed by atoms with Crippen molar-refractivity contribution >= 4 is 60.7 Å². The average Bonchev–Trinajstić information content (AvgIpc) is 4.06. The maximum atomic E-state index is 2.42. The molecule has 14 aromatic rings. The molecule has 14 rings (SSSR count). The molecule has 12 aromatic carbocycles. The molecule has 0 saturated carbocycles. The number of hydrogen-bond donors (Lipinski definition) is 0. The van der Waals surface area contributed by atoms with Crippen molar-refractivity contribution in [3.05, 3.63) is 297 Å². The van der Waals surface area contributed by atoms with E-state index in [0.29, 0.717) is 0 Å². The second-order valence-electron chi connectivity index (χ2n) is 19.4. The summed E-state index contributed by atoms with van der Waals surface area (Å²) in [6.45, 7) is 0. The second-order valence-corrected chi connectivity index (χ2v) is 19.4. The number of rotatable bonds is 10. The molecule has 75 heavy (non-hydrogen) atoms. The van der Waals surface area contributed by atoms with E-state index in [0.717, 1.165) is 61.8 Å². The van der Waals surface area contributed by atoms with Gasteiger partial charge in [-0.3, -0.25) is 0 Å². The first-order valence-electron chi connectivity index (χ1n) is 25.7. The van der Waals surface area contributed by atoms with E-state index in [1.807, 2.05) is 0 Å². The summed E-state index contributed by atoms with van der Waals surface area (Å²) in [5, 5.41) is 4.88. The first-order chi connectivity index (χ1) is 37.2. The molecule has 0 radical (unpaired) electrons. The van der Waals surface area contributed by atoms with Crippen LogP contribution in [0.25, 0.3) is 111 Å². The fraction of sp³-hybridized carbons (Fsp3) is 0. The molecule has 0 aliphatic heterocycles. The summed E-state index contributed by atoms with van der Waals surface area (Å²) in [6, 6.07) is 108. The van der Waals surface area contributed by atoms with Gasteiger partial charge in [0.25, 0.3) is 0 Å². The molecule has 0 unspecified atom stereocenters. The first kappa shape index (κ1) is 43.8. The molecule has 352 valence electrons. The van der Waals surface area contributed by atoms with Gasteiger partial charge in [0.05, 0.1) is 22.1 Å². The molecule has 2 aromatic heterocycles. The number of fused-ring (bicyclic) bond motifs is 6. The molecule has 0 bridgehead atoms. The zero-order valence-corrected chi connectivity index (χ0v) is 41.1. The van der Waals surface area contributed by atoms with E-state index in [9.17, 15) is 0 Å². The molecule has 3 heteroatoms. The van der Waals surface area contributed by atoms with Crippen LogP contribution in [0.3, 0.4) is 0 Å². The summed E-state index contributed by atoms with van der Waals surface area (Å²) in [7, 11) is 0. The fourth-order valence-electron chi connectivity index (χ4n) is 11.3. The topological polar surface area (TPSA) is 13.1 Å². The van der Waals surface area contributed by atoms with Gasteiger partial charge in [0, 0.05) is 50.0 Å². The highest BCUT2D eigenvalue weighted by Crippen LogP contribution is 2.43. The smallest absolute Gasteiger partial charge is 0.0547 e. The maximum absolute atomic E-state index is 2.42. The Kier molecular flexibility index (Phi) is 10.8. The van der Waals surface area contributed by atoms with Gasteiger partial charge in [0.2, 0.25) is 0 Å². The third-order valence-corrected chi connectivity index (χ3v) is 14.9. The second kappa shape index (κ2) is 18.6. The molecule has 3 nitrogen and oxygen atoms in total. The summed E-state index contributed by atoms with van der Waals surface area (Å²) >= 11 is 0. The highest BCUT2D eigenvalue weighted by molar-refractivity contribution is 6.13. The van der Waals surface area contributed by atoms with E-state index < -0.39 is 0 Å². The first-order valence-corrected chi connectivity index (χ1v) is 25.7. The predicted octanol–water partition coefficient (Wildman–Crippen LogP) is 19.7. The lowest BCUT2D eigenvalue weighted by Gasteiger charge is -2.25. The number of anilines is 3. The van der Waals surface area contributed by atoms with Gasteiger partial charge in [0.1, 0.15) is 0 Å². The van der Waals surface area contributed by atoms with Crippen LogP contribution >= 0.6 is 0 Å². The minimum atomic E-state index is 1.10. The Labute approximate surface area is 436 Å². The third kappa shape index (κ3) is 7.95. The van der Waals surface area contributed by atoms with E-state index in [-0.39, 0.29) is 0 Å². The molecule has 0 fully saturated rings. The Morgan fingerprint density at radius 1 is 0.187 bits per heavy atom. The Hall–Kier alpha value is -9.96. The number of hydrogen-bond acceptors (Lipinski definition) is 1. The summed E-state index contributed by atoms with van der Waals surface area (Å²) in [4.78, 5) is 2.32. The van der Waals surface area contributed by atoms with Gasteiger partial charge in [0.15, 0.2) is 0 Å². The van der Waals surface area contributed by atoms with Crippen LogP contribution in [0.15, 0.2) is 297 Å². The van der Waals surface area contributed by atoms with Gasteiger partial charge in [-0.1, -0.05) is 182 Å². The standard InChI is InChI=1S/C72H49N3/c1-7-19-50(20-8-1)55-33-39-65-67-46-53(35-41-69(67)74(71(65)48-55)62-27-15-5-16-28-62)58-43-57(52-31-37-64(38-32-52)73(60-23-11-3-12-24-60)61-25-13-4-14-26-61)44-59(45-58)54-36-42-70-68(47-54)66-40-34-56(51-21-9-2-10-22-51)49-72(66)75(70)63-29-17-6-18-30-63/h1-49H. The zero-order valence-electron chi connectivity index (χ0n) is 41.1. The van der Waals surface area contributed by atoms with Crippen LogP contribution in [0.4, 0.5) is 17.1 Å². The molecule has 0 aliphatic carbocycles. The van der Waals surface area contributed by atoms with Crippen LogP contribution < -0.4 is 4.90 Å². The summed E-state index contributed by atoms with van der Waals surface area (Å²) < 4.78 is 4.84. The monoisotopic (exact) mass is 955 g/mol. The fourth-order valence-corrected chi connectivity index (χ4v) is 11.3. The lowest BCUT2D eigenvalue weighted by Crippen LogP contribution is -2.09. The van der Waals surface area contributed by atoms with Crippen molar-refractivity contribution in [1.29, 1.82) is 0 Å². The van der Waals surface area contributed by atoms with E-state index in [1.54, 1.807) is 0 Å². The third-order valence-electron chi connectivity index (χ3n) is 14.9. The van der Waals surface area contributed by atoms with Crippen LogP contribution in [0, 0.1) is 0 Å². The lowest BCUT2D eigenvalue weighted by molar-refractivity contribution is 1.18. The van der Waals surface area contributed by atoms with Gasteiger partial charge >= 0.3 is 0 Å². The Morgan fingerprint density at radius 2 is 0.493 bits per heavy atom. The highest BCUT2D eigenvalue weighted by Gasteiger charge is 2.19. The Bertz CT molecular complexity index is 4090. The maximum Gasteiger partial charge on any atom is 0.0547 e. The van der Waals surface area contributed by atoms with Crippen molar-refractivity contribution in [2.45, 2.75) is 0 Å². The molecule has 2 heterocycles. The van der Waals surface area contributed by atoms with E-state index in [4.69, 9.17) is 0 Å². The van der Waals surface area contributed by atoms with Crippen molar-refractivity contribution in [1.82, 2.24) is 9.13 Å². The van der Waals surface area contributed by atoms with Gasteiger partial charge in [-0.05, 0) is 171 Å². The van der Waals surface area contributed by atoms with Gasteiger partial charge in [-0.15, -0.1) is 0 Å². The number of benzene rings is 12. The van der Waals surface area contributed by atoms with Crippen molar-refractivity contribution in [2.24, 2.45) is 0 Å². The molecule has 0 aliphatic rings. The number of aromatic nitrogens is 2. The van der Waals surface area contributed by atoms with Crippen LogP contribution in [0.1, 0.15) is 0 Å². The van der Waals surface area contributed by atoms with E-state index in [2.05, 4.69) is 311 Å². The highest BCUT2D eigenvalue weighted by atomic mass is 15.1. The molecule has 0 atom stereocenters. The SMILES string of the molecule is c1ccc(-c2ccc3c4cc(-c5cc(-c6ccc(N(c7ccccc7)c7ccccc7)cc6)cc(-c6ccc7c(c6)c6ccc(-c8ccccc8)cc6n7-c6ccccc6)c5)ccc4n(-c4ccccc4)c3c2)cc1. The predicted molar refractivity (Wildman–Crippen MR) is 317 cm³/mol. The van der Waals surface area contributed by atoms with Crippen molar-refractivity contribution < 1.29 is 0 Å².